The van der Waals surface area contributed by atoms with Gasteiger partial charge in [-0.05, 0) is 72.8 Å². The van der Waals surface area contributed by atoms with E-state index in [1.165, 1.54) is 16.4 Å². The predicted molar refractivity (Wildman–Crippen MR) is 137 cm³/mol. The van der Waals surface area contributed by atoms with Gasteiger partial charge < -0.3 is 9.64 Å². The van der Waals surface area contributed by atoms with Gasteiger partial charge in [0.1, 0.15) is 23.0 Å². The van der Waals surface area contributed by atoms with Gasteiger partial charge in [0.05, 0.1) is 10.6 Å². The SMILES string of the molecule is O=C(c1cccc(-c2ccc(Oc3ccc(F)cc3)cc2)n1)N1CCN(S(=O)(=O)c2ccccc2)CC1. The van der Waals surface area contributed by atoms with Crippen LogP contribution in [0.1, 0.15) is 10.5 Å². The van der Waals surface area contributed by atoms with E-state index in [1.807, 2.05) is 18.2 Å². The van der Waals surface area contributed by atoms with Crippen molar-refractivity contribution in [3.05, 3.63) is 109 Å². The number of rotatable bonds is 6. The Hall–Kier alpha value is -4.08. The van der Waals surface area contributed by atoms with Gasteiger partial charge in [0, 0.05) is 31.7 Å². The highest BCUT2D eigenvalue weighted by atomic mass is 32.2. The number of carbonyl (C=O) groups excluding carboxylic acids is 1. The zero-order valence-electron chi connectivity index (χ0n) is 19.8. The minimum absolute atomic E-state index is 0.220. The summed E-state index contributed by atoms with van der Waals surface area (Å²) in [6.45, 7) is 1.01. The van der Waals surface area contributed by atoms with E-state index in [2.05, 4.69) is 4.98 Å². The van der Waals surface area contributed by atoms with Crippen LogP contribution in [0.4, 0.5) is 4.39 Å². The molecule has 7 nitrogen and oxygen atoms in total. The molecule has 5 rings (SSSR count). The molecule has 0 radical (unpaired) electrons. The molecule has 3 aromatic carbocycles. The number of amides is 1. The first-order chi connectivity index (χ1) is 17.9. The van der Waals surface area contributed by atoms with Crippen molar-refractivity contribution in [3.8, 4) is 22.8 Å². The van der Waals surface area contributed by atoms with Gasteiger partial charge >= 0.3 is 0 Å². The predicted octanol–water partition coefficient (Wildman–Crippen LogP) is 4.83. The van der Waals surface area contributed by atoms with E-state index in [1.54, 1.807) is 71.6 Å². The average Bonchev–Trinajstić information content (AvgIpc) is 2.95. The highest BCUT2D eigenvalue weighted by Gasteiger charge is 2.30. The minimum Gasteiger partial charge on any atom is -0.457 e. The van der Waals surface area contributed by atoms with Crippen LogP contribution < -0.4 is 4.74 Å². The second kappa shape index (κ2) is 10.5. The van der Waals surface area contributed by atoms with E-state index in [4.69, 9.17) is 4.74 Å². The van der Waals surface area contributed by atoms with Gasteiger partial charge in [0.25, 0.3) is 5.91 Å². The Morgan fingerprint density at radius 1 is 0.757 bits per heavy atom. The molecule has 1 aliphatic heterocycles. The normalized spacial score (nSPS) is 14.4. The van der Waals surface area contributed by atoms with Gasteiger partial charge in [-0.2, -0.15) is 4.31 Å². The second-order valence-corrected chi connectivity index (χ2v) is 10.4. The summed E-state index contributed by atoms with van der Waals surface area (Å²) in [5.74, 6) is 0.541. The van der Waals surface area contributed by atoms with E-state index in [0.717, 1.165) is 5.56 Å². The fourth-order valence-electron chi connectivity index (χ4n) is 4.08. The fourth-order valence-corrected chi connectivity index (χ4v) is 5.53. The molecule has 0 spiro atoms. The Bertz CT molecular complexity index is 1490. The van der Waals surface area contributed by atoms with Gasteiger partial charge in [-0.1, -0.05) is 24.3 Å². The zero-order valence-corrected chi connectivity index (χ0v) is 20.6. The Labute approximate surface area is 214 Å². The molecule has 1 aromatic heterocycles. The molecule has 2 heterocycles. The molecule has 0 bridgehead atoms. The van der Waals surface area contributed by atoms with E-state index >= 15 is 0 Å². The van der Waals surface area contributed by atoms with E-state index in [-0.39, 0.29) is 42.8 Å². The van der Waals surface area contributed by atoms with E-state index in [9.17, 15) is 17.6 Å². The van der Waals surface area contributed by atoms with E-state index < -0.39 is 10.0 Å². The number of ether oxygens (including phenoxy) is 1. The molecular formula is C28H24FN3O4S. The quantitative estimate of drug-likeness (QED) is 0.366. The number of halogens is 1. The zero-order chi connectivity index (χ0) is 25.8. The largest absolute Gasteiger partial charge is 0.457 e. The lowest BCUT2D eigenvalue weighted by atomic mass is 10.1. The van der Waals surface area contributed by atoms with Crippen molar-refractivity contribution in [2.75, 3.05) is 26.2 Å². The number of nitrogens with zero attached hydrogens (tertiary/aromatic N) is 3. The van der Waals surface area contributed by atoms with Crippen LogP contribution in [0.5, 0.6) is 11.5 Å². The van der Waals surface area contributed by atoms with Crippen molar-refractivity contribution in [2.24, 2.45) is 0 Å². The Kier molecular flexibility index (Phi) is 6.98. The lowest BCUT2D eigenvalue weighted by Crippen LogP contribution is -2.50. The summed E-state index contributed by atoms with van der Waals surface area (Å²) in [6, 6.07) is 26.5. The minimum atomic E-state index is -3.59. The Morgan fingerprint density at radius 3 is 2.03 bits per heavy atom. The monoisotopic (exact) mass is 517 g/mol. The number of hydrogen-bond acceptors (Lipinski definition) is 5. The van der Waals surface area contributed by atoms with Crippen LogP contribution in [0.15, 0.2) is 102 Å². The maximum absolute atomic E-state index is 13.1. The molecule has 1 saturated heterocycles. The van der Waals surface area contributed by atoms with Gasteiger partial charge in [0.15, 0.2) is 0 Å². The molecule has 0 atom stereocenters. The fraction of sp³-hybridized carbons (Fsp3) is 0.143. The highest BCUT2D eigenvalue weighted by molar-refractivity contribution is 7.89. The molecule has 0 aliphatic carbocycles. The summed E-state index contributed by atoms with van der Waals surface area (Å²) in [7, 11) is -3.59. The molecule has 37 heavy (non-hydrogen) atoms. The molecule has 1 amide bonds. The van der Waals surface area contributed by atoms with Gasteiger partial charge in [-0.25, -0.2) is 17.8 Å². The standard InChI is InChI=1S/C28H24FN3O4S/c29-22-11-15-24(16-12-22)36-23-13-9-21(10-14-23)26-7-4-8-27(30-26)28(33)31-17-19-32(20-18-31)37(34,35)25-5-2-1-3-6-25/h1-16H,17-20H2. The maximum Gasteiger partial charge on any atom is 0.272 e. The van der Waals surface area contributed by atoms with Crippen molar-refractivity contribution in [1.29, 1.82) is 0 Å². The van der Waals surface area contributed by atoms with Crippen molar-refractivity contribution in [2.45, 2.75) is 4.90 Å². The number of carbonyl (C=O) groups is 1. The summed E-state index contributed by atoms with van der Waals surface area (Å²) in [4.78, 5) is 19.6. The number of hydrogen-bond donors (Lipinski definition) is 0. The summed E-state index contributed by atoms with van der Waals surface area (Å²) >= 11 is 0. The molecule has 1 aliphatic rings. The van der Waals surface area contributed by atoms with Crippen molar-refractivity contribution in [1.82, 2.24) is 14.2 Å². The molecular weight excluding hydrogens is 493 g/mol. The third kappa shape index (κ3) is 5.52. The van der Waals surface area contributed by atoms with Crippen molar-refractivity contribution >= 4 is 15.9 Å². The van der Waals surface area contributed by atoms with Crippen LogP contribution in [0.3, 0.4) is 0 Å². The summed E-state index contributed by atoms with van der Waals surface area (Å²) < 4.78 is 45.9. The first kappa shape index (κ1) is 24.6. The lowest BCUT2D eigenvalue weighted by Gasteiger charge is -2.33. The van der Waals surface area contributed by atoms with Crippen LogP contribution >= 0.6 is 0 Å². The lowest BCUT2D eigenvalue weighted by molar-refractivity contribution is 0.0692. The molecule has 1 fully saturated rings. The number of aromatic nitrogens is 1. The Morgan fingerprint density at radius 2 is 1.38 bits per heavy atom. The topological polar surface area (TPSA) is 79.8 Å². The first-order valence-electron chi connectivity index (χ1n) is 11.8. The maximum atomic E-state index is 13.1. The average molecular weight is 518 g/mol. The van der Waals surface area contributed by atoms with Crippen LogP contribution in [-0.2, 0) is 10.0 Å². The number of sulfonamides is 1. The highest BCUT2D eigenvalue weighted by Crippen LogP contribution is 2.26. The number of piperazine rings is 1. The van der Waals surface area contributed by atoms with Gasteiger partial charge in [0.2, 0.25) is 10.0 Å². The smallest absolute Gasteiger partial charge is 0.272 e. The molecule has 0 saturated carbocycles. The molecule has 188 valence electrons. The number of pyridine rings is 1. The molecule has 0 N–H and O–H groups in total. The van der Waals surface area contributed by atoms with E-state index in [0.29, 0.717) is 22.9 Å². The summed E-state index contributed by atoms with van der Waals surface area (Å²) in [5, 5.41) is 0. The van der Waals surface area contributed by atoms with Gasteiger partial charge in [-0.3, -0.25) is 4.79 Å². The first-order valence-corrected chi connectivity index (χ1v) is 13.2. The van der Waals surface area contributed by atoms with Gasteiger partial charge in [-0.15, -0.1) is 0 Å². The van der Waals surface area contributed by atoms with Crippen LogP contribution in [0, 0.1) is 5.82 Å². The molecule has 0 unspecified atom stereocenters. The summed E-state index contributed by atoms with van der Waals surface area (Å²) in [5.41, 5.74) is 1.73. The molecule has 4 aromatic rings. The van der Waals surface area contributed by atoms with Crippen LogP contribution in [0.2, 0.25) is 0 Å². The molecule has 9 heteroatoms. The third-order valence-corrected chi connectivity index (χ3v) is 7.99. The second-order valence-electron chi connectivity index (χ2n) is 8.50. The third-order valence-electron chi connectivity index (χ3n) is 6.07. The van der Waals surface area contributed by atoms with Crippen molar-refractivity contribution < 1.29 is 22.3 Å². The summed E-state index contributed by atoms with van der Waals surface area (Å²) in [6.07, 6.45) is 0. The van der Waals surface area contributed by atoms with Crippen LogP contribution in [-0.4, -0.2) is 54.7 Å². The van der Waals surface area contributed by atoms with Crippen molar-refractivity contribution in [3.63, 3.8) is 0 Å². The van der Waals surface area contributed by atoms with Crippen LogP contribution in [0.25, 0.3) is 11.3 Å². The Balaban J connectivity index is 1.24. The number of benzene rings is 3.